The third-order valence-electron chi connectivity index (χ3n) is 4.37. The second-order valence-electron chi connectivity index (χ2n) is 6.23. The van der Waals surface area contributed by atoms with Crippen molar-refractivity contribution in [3.8, 4) is 5.69 Å². The van der Waals surface area contributed by atoms with Gasteiger partial charge in [-0.25, -0.2) is 9.67 Å². The molecule has 0 bridgehead atoms. The van der Waals surface area contributed by atoms with Crippen molar-refractivity contribution < 1.29 is 4.79 Å². The Morgan fingerprint density at radius 3 is 2.61 bits per heavy atom. The monoisotopic (exact) mass is 313 g/mol. The van der Waals surface area contributed by atoms with Gasteiger partial charge in [-0.15, -0.1) is 5.10 Å². The van der Waals surface area contributed by atoms with E-state index in [0.717, 1.165) is 37.2 Å². The number of para-hydroxylation sites is 1. The number of benzene rings is 1. The second kappa shape index (κ2) is 6.50. The van der Waals surface area contributed by atoms with E-state index in [4.69, 9.17) is 0 Å². The Morgan fingerprint density at radius 1 is 1.22 bits per heavy atom. The van der Waals surface area contributed by atoms with Crippen LogP contribution in [-0.2, 0) is 0 Å². The zero-order valence-corrected chi connectivity index (χ0v) is 13.9. The summed E-state index contributed by atoms with van der Waals surface area (Å²) in [6, 6.07) is 8.16. The van der Waals surface area contributed by atoms with E-state index in [9.17, 15) is 4.79 Å². The number of nitrogens with zero attached hydrogens (tertiary/aromatic N) is 4. The number of hydrogen-bond donors (Lipinski definition) is 1. The van der Waals surface area contributed by atoms with Crippen LogP contribution >= 0.6 is 0 Å². The van der Waals surface area contributed by atoms with Gasteiger partial charge < -0.3 is 10.2 Å². The molecule has 1 aliphatic heterocycles. The van der Waals surface area contributed by atoms with Gasteiger partial charge in [-0.3, -0.25) is 4.79 Å². The van der Waals surface area contributed by atoms with Crippen molar-refractivity contribution in [2.45, 2.75) is 32.7 Å². The van der Waals surface area contributed by atoms with Gasteiger partial charge in [0.1, 0.15) is 5.82 Å². The SMILES string of the molecule is Cc1ccccc1-n1nc(C(=O)NC2CCN(C)CC2)nc1C. The fraction of sp³-hybridized carbons (Fsp3) is 0.471. The van der Waals surface area contributed by atoms with Crippen LogP contribution in [0.2, 0.25) is 0 Å². The highest BCUT2D eigenvalue weighted by Gasteiger charge is 2.22. The molecule has 2 aromatic rings. The molecule has 1 N–H and O–H groups in total. The average molecular weight is 313 g/mol. The van der Waals surface area contributed by atoms with Gasteiger partial charge in [-0.1, -0.05) is 18.2 Å². The van der Waals surface area contributed by atoms with Crippen LogP contribution in [-0.4, -0.2) is 51.8 Å². The average Bonchev–Trinajstić information content (AvgIpc) is 2.92. The minimum atomic E-state index is -0.185. The molecule has 0 atom stereocenters. The van der Waals surface area contributed by atoms with E-state index in [1.54, 1.807) is 4.68 Å². The molecular formula is C17H23N5O. The maximum Gasteiger partial charge on any atom is 0.291 e. The number of aryl methyl sites for hydroxylation is 2. The fourth-order valence-corrected chi connectivity index (χ4v) is 2.92. The normalized spacial score (nSPS) is 16.5. The molecule has 1 saturated heterocycles. The standard InChI is InChI=1S/C17H23N5O/c1-12-6-4-5-7-15(12)22-13(2)18-16(20-22)17(23)19-14-8-10-21(3)11-9-14/h4-7,14H,8-11H2,1-3H3,(H,19,23). The molecular weight excluding hydrogens is 290 g/mol. The van der Waals surface area contributed by atoms with Crippen LogP contribution < -0.4 is 5.32 Å². The predicted molar refractivity (Wildman–Crippen MR) is 88.8 cm³/mol. The number of carbonyl (C=O) groups is 1. The third-order valence-corrected chi connectivity index (χ3v) is 4.37. The molecule has 6 heteroatoms. The first-order valence-corrected chi connectivity index (χ1v) is 8.03. The molecule has 6 nitrogen and oxygen atoms in total. The number of rotatable bonds is 3. The van der Waals surface area contributed by atoms with Crippen molar-refractivity contribution in [1.29, 1.82) is 0 Å². The van der Waals surface area contributed by atoms with Gasteiger partial charge in [0.25, 0.3) is 5.91 Å². The molecule has 0 spiro atoms. The van der Waals surface area contributed by atoms with E-state index >= 15 is 0 Å². The maximum atomic E-state index is 12.4. The fourth-order valence-electron chi connectivity index (χ4n) is 2.92. The van der Waals surface area contributed by atoms with Gasteiger partial charge in [0.05, 0.1) is 5.69 Å². The van der Waals surface area contributed by atoms with Gasteiger partial charge in [-0.05, 0) is 58.5 Å². The molecule has 2 heterocycles. The minimum Gasteiger partial charge on any atom is -0.346 e. The van der Waals surface area contributed by atoms with Crippen molar-refractivity contribution in [2.24, 2.45) is 0 Å². The number of aromatic nitrogens is 3. The summed E-state index contributed by atoms with van der Waals surface area (Å²) in [5, 5.41) is 7.46. The van der Waals surface area contributed by atoms with Crippen LogP contribution in [0.1, 0.15) is 34.8 Å². The smallest absolute Gasteiger partial charge is 0.291 e. The van der Waals surface area contributed by atoms with Gasteiger partial charge in [-0.2, -0.15) is 0 Å². The van der Waals surface area contributed by atoms with Crippen LogP contribution in [0.5, 0.6) is 0 Å². The Labute approximate surface area is 136 Å². The highest BCUT2D eigenvalue weighted by molar-refractivity contribution is 5.90. The first-order valence-electron chi connectivity index (χ1n) is 8.03. The van der Waals surface area contributed by atoms with Crippen molar-refractivity contribution in [3.05, 3.63) is 41.5 Å². The van der Waals surface area contributed by atoms with Crippen LogP contribution in [0.3, 0.4) is 0 Å². The Kier molecular flexibility index (Phi) is 4.43. The molecule has 0 saturated carbocycles. The van der Waals surface area contributed by atoms with Crippen LogP contribution in [0.4, 0.5) is 0 Å². The van der Waals surface area contributed by atoms with Crippen molar-refractivity contribution >= 4 is 5.91 Å². The predicted octanol–water partition coefficient (Wildman–Crippen LogP) is 1.71. The quantitative estimate of drug-likeness (QED) is 0.937. The summed E-state index contributed by atoms with van der Waals surface area (Å²) in [5.41, 5.74) is 2.05. The van der Waals surface area contributed by atoms with Gasteiger partial charge in [0.2, 0.25) is 5.82 Å². The summed E-state index contributed by atoms with van der Waals surface area (Å²) in [5.74, 6) is 0.771. The second-order valence-corrected chi connectivity index (χ2v) is 6.23. The lowest BCUT2D eigenvalue weighted by Crippen LogP contribution is -2.43. The van der Waals surface area contributed by atoms with E-state index in [0.29, 0.717) is 5.82 Å². The van der Waals surface area contributed by atoms with E-state index in [1.165, 1.54) is 0 Å². The molecule has 0 radical (unpaired) electrons. The maximum absolute atomic E-state index is 12.4. The molecule has 0 aliphatic carbocycles. The van der Waals surface area contributed by atoms with Gasteiger partial charge in [0.15, 0.2) is 0 Å². The Balaban J connectivity index is 1.75. The van der Waals surface area contributed by atoms with Crippen LogP contribution in [0.15, 0.2) is 24.3 Å². The topological polar surface area (TPSA) is 63.1 Å². The lowest BCUT2D eigenvalue weighted by Gasteiger charge is -2.29. The van der Waals surface area contributed by atoms with Crippen LogP contribution in [0.25, 0.3) is 5.69 Å². The summed E-state index contributed by atoms with van der Waals surface area (Å²) in [6.07, 6.45) is 1.94. The first-order chi connectivity index (χ1) is 11.0. The first kappa shape index (κ1) is 15.7. The summed E-state index contributed by atoms with van der Waals surface area (Å²) in [6.45, 7) is 5.91. The largest absolute Gasteiger partial charge is 0.346 e. The van der Waals surface area contributed by atoms with Crippen molar-refractivity contribution in [2.75, 3.05) is 20.1 Å². The zero-order chi connectivity index (χ0) is 16.4. The number of piperidine rings is 1. The minimum absolute atomic E-state index is 0.185. The summed E-state index contributed by atoms with van der Waals surface area (Å²) in [4.78, 5) is 19.0. The van der Waals surface area contributed by atoms with Gasteiger partial charge in [0, 0.05) is 6.04 Å². The number of carbonyl (C=O) groups excluding carboxylic acids is 1. The molecule has 122 valence electrons. The lowest BCUT2D eigenvalue weighted by molar-refractivity contribution is 0.0906. The lowest BCUT2D eigenvalue weighted by atomic mass is 10.1. The van der Waals surface area contributed by atoms with E-state index in [-0.39, 0.29) is 17.8 Å². The molecule has 0 unspecified atom stereocenters. The number of likely N-dealkylation sites (tertiary alicyclic amines) is 1. The van der Waals surface area contributed by atoms with E-state index in [1.807, 2.05) is 38.1 Å². The van der Waals surface area contributed by atoms with Crippen molar-refractivity contribution in [3.63, 3.8) is 0 Å². The molecule has 1 aliphatic rings. The molecule has 1 aromatic heterocycles. The summed E-state index contributed by atoms with van der Waals surface area (Å²) >= 11 is 0. The highest BCUT2D eigenvalue weighted by atomic mass is 16.2. The molecule has 1 fully saturated rings. The summed E-state index contributed by atoms with van der Waals surface area (Å²) < 4.78 is 1.74. The van der Waals surface area contributed by atoms with Crippen LogP contribution in [0, 0.1) is 13.8 Å². The number of nitrogens with one attached hydrogen (secondary N) is 1. The molecule has 1 amide bonds. The van der Waals surface area contributed by atoms with E-state index < -0.39 is 0 Å². The van der Waals surface area contributed by atoms with Crippen molar-refractivity contribution in [1.82, 2.24) is 25.0 Å². The Bertz CT molecular complexity index is 701. The molecule has 3 rings (SSSR count). The Morgan fingerprint density at radius 2 is 1.91 bits per heavy atom. The molecule has 23 heavy (non-hydrogen) atoms. The third kappa shape index (κ3) is 3.42. The summed E-state index contributed by atoms with van der Waals surface area (Å²) in [7, 11) is 2.10. The number of amides is 1. The van der Waals surface area contributed by atoms with E-state index in [2.05, 4.69) is 27.3 Å². The van der Waals surface area contributed by atoms with Gasteiger partial charge >= 0.3 is 0 Å². The Hall–Kier alpha value is -2.21. The number of hydrogen-bond acceptors (Lipinski definition) is 4. The highest BCUT2D eigenvalue weighted by Crippen LogP contribution is 2.15. The zero-order valence-electron chi connectivity index (χ0n) is 13.9. The molecule has 1 aromatic carbocycles.